The van der Waals surface area contributed by atoms with Gasteiger partial charge in [-0.05, 0) is 38.7 Å². The standard InChI is InChI=1S/C21H23ClN4O5S/c1-12-14(22)6-7-18-19(12)23-21(32-18)25(9-8-24(2)3)20(27)13-10-16(30-4)17(31-5)11-15(13)26(28)29/h6-7,10-11H,8-9H2,1-5H3. The number of likely N-dealkylation sites (N-methyl/N-ethyl adjacent to an activating group) is 1. The van der Waals surface area contributed by atoms with Crippen LogP contribution in [0.1, 0.15) is 15.9 Å². The molecule has 0 N–H and O–H groups in total. The van der Waals surface area contributed by atoms with Gasteiger partial charge >= 0.3 is 0 Å². The van der Waals surface area contributed by atoms with Crippen molar-refractivity contribution in [3.8, 4) is 11.5 Å². The van der Waals surface area contributed by atoms with Gasteiger partial charge in [0.05, 0.1) is 35.4 Å². The number of ether oxygens (including phenoxy) is 2. The Labute approximate surface area is 194 Å². The van der Waals surface area contributed by atoms with E-state index in [0.29, 0.717) is 22.2 Å². The number of nitro benzene ring substituents is 1. The second-order valence-electron chi connectivity index (χ2n) is 7.26. The molecule has 0 fully saturated rings. The number of nitro groups is 1. The Morgan fingerprint density at radius 3 is 2.44 bits per heavy atom. The van der Waals surface area contributed by atoms with Crippen LogP contribution in [0.2, 0.25) is 5.02 Å². The molecule has 0 radical (unpaired) electrons. The Kier molecular flexibility index (Phi) is 7.17. The summed E-state index contributed by atoms with van der Waals surface area (Å²) < 4.78 is 11.3. The molecule has 9 nitrogen and oxygen atoms in total. The third kappa shape index (κ3) is 4.62. The van der Waals surface area contributed by atoms with E-state index in [4.69, 9.17) is 21.1 Å². The van der Waals surface area contributed by atoms with E-state index in [0.717, 1.165) is 10.3 Å². The first kappa shape index (κ1) is 23.7. The minimum atomic E-state index is -0.610. The normalized spacial score (nSPS) is 11.1. The number of nitrogens with zero attached hydrogens (tertiary/aromatic N) is 4. The van der Waals surface area contributed by atoms with E-state index in [-0.39, 0.29) is 29.3 Å². The molecular weight excluding hydrogens is 456 g/mol. The fourth-order valence-corrected chi connectivity index (χ4v) is 4.33. The van der Waals surface area contributed by atoms with Crippen LogP contribution < -0.4 is 14.4 Å². The summed E-state index contributed by atoms with van der Waals surface area (Å²) in [6.07, 6.45) is 0. The lowest BCUT2D eigenvalue weighted by molar-refractivity contribution is -0.385. The molecule has 1 heterocycles. The van der Waals surface area contributed by atoms with Gasteiger partial charge < -0.3 is 14.4 Å². The largest absolute Gasteiger partial charge is 0.493 e. The van der Waals surface area contributed by atoms with Gasteiger partial charge in [0, 0.05) is 24.2 Å². The van der Waals surface area contributed by atoms with Gasteiger partial charge in [-0.3, -0.25) is 19.8 Å². The molecule has 170 valence electrons. The molecule has 0 aliphatic carbocycles. The van der Waals surface area contributed by atoms with Crippen LogP contribution in [0, 0.1) is 17.0 Å². The molecule has 32 heavy (non-hydrogen) atoms. The van der Waals surface area contributed by atoms with Gasteiger partial charge in [0.1, 0.15) is 5.56 Å². The van der Waals surface area contributed by atoms with Crippen molar-refractivity contribution in [2.75, 3.05) is 46.3 Å². The predicted molar refractivity (Wildman–Crippen MR) is 126 cm³/mol. The van der Waals surface area contributed by atoms with E-state index in [9.17, 15) is 14.9 Å². The molecule has 2 aromatic carbocycles. The van der Waals surface area contributed by atoms with Gasteiger partial charge in [-0.15, -0.1) is 0 Å². The monoisotopic (exact) mass is 478 g/mol. The van der Waals surface area contributed by atoms with Crippen LogP contribution >= 0.6 is 22.9 Å². The van der Waals surface area contributed by atoms with Gasteiger partial charge in [0.15, 0.2) is 16.6 Å². The first-order chi connectivity index (χ1) is 15.2. The van der Waals surface area contributed by atoms with Crippen LogP contribution in [-0.2, 0) is 0 Å². The Bertz CT molecular complexity index is 1180. The molecule has 0 aliphatic rings. The van der Waals surface area contributed by atoms with E-state index < -0.39 is 10.8 Å². The van der Waals surface area contributed by atoms with Gasteiger partial charge in [0.2, 0.25) is 0 Å². The number of fused-ring (bicyclic) bond motifs is 1. The molecule has 0 unspecified atom stereocenters. The fourth-order valence-electron chi connectivity index (χ4n) is 3.12. The van der Waals surface area contributed by atoms with Gasteiger partial charge in [-0.25, -0.2) is 4.98 Å². The zero-order valence-electron chi connectivity index (χ0n) is 18.3. The van der Waals surface area contributed by atoms with E-state index in [1.165, 1.54) is 42.6 Å². The molecule has 0 atom stereocenters. The Morgan fingerprint density at radius 1 is 1.19 bits per heavy atom. The maximum atomic E-state index is 13.6. The molecule has 0 bridgehead atoms. The highest BCUT2D eigenvalue weighted by atomic mass is 35.5. The number of methoxy groups -OCH3 is 2. The van der Waals surface area contributed by atoms with E-state index in [2.05, 4.69) is 4.98 Å². The maximum Gasteiger partial charge on any atom is 0.286 e. The lowest BCUT2D eigenvalue weighted by Crippen LogP contribution is -2.37. The van der Waals surface area contributed by atoms with E-state index in [1.807, 2.05) is 32.0 Å². The van der Waals surface area contributed by atoms with Crippen molar-refractivity contribution in [1.29, 1.82) is 0 Å². The molecule has 0 aliphatic heterocycles. The minimum absolute atomic E-state index is 0.111. The number of aromatic nitrogens is 1. The summed E-state index contributed by atoms with van der Waals surface area (Å²) in [5.41, 5.74) is 1.02. The highest BCUT2D eigenvalue weighted by Gasteiger charge is 2.30. The number of anilines is 1. The summed E-state index contributed by atoms with van der Waals surface area (Å²) in [5.74, 6) is -0.163. The number of benzene rings is 2. The number of halogens is 1. The van der Waals surface area contributed by atoms with Gasteiger partial charge in [-0.2, -0.15) is 0 Å². The van der Waals surface area contributed by atoms with Crippen LogP contribution in [0.25, 0.3) is 10.2 Å². The lowest BCUT2D eigenvalue weighted by atomic mass is 10.1. The van der Waals surface area contributed by atoms with Crippen molar-refractivity contribution in [2.45, 2.75) is 6.92 Å². The van der Waals surface area contributed by atoms with E-state index in [1.54, 1.807) is 6.07 Å². The lowest BCUT2D eigenvalue weighted by Gasteiger charge is -2.22. The SMILES string of the molecule is COc1cc(C(=O)N(CCN(C)C)c2nc3c(C)c(Cl)ccc3s2)c([N+](=O)[O-])cc1OC. The number of thiazole rings is 1. The molecule has 3 aromatic rings. The van der Waals surface area contributed by atoms with Crippen LogP contribution in [0.5, 0.6) is 11.5 Å². The summed E-state index contributed by atoms with van der Waals surface area (Å²) >= 11 is 7.56. The molecule has 0 spiro atoms. The number of amides is 1. The van der Waals surface area contributed by atoms with Crippen molar-refractivity contribution in [3.63, 3.8) is 0 Å². The third-order valence-electron chi connectivity index (χ3n) is 4.91. The zero-order valence-corrected chi connectivity index (χ0v) is 19.9. The second kappa shape index (κ2) is 9.68. The average Bonchev–Trinajstić information content (AvgIpc) is 3.19. The number of hydrogen-bond donors (Lipinski definition) is 0. The smallest absolute Gasteiger partial charge is 0.286 e. The molecule has 1 aromatic heterocycles. The van der Waals surface area contributed by atoms with Gasteiger partial charge in [0.25, 0.3) is 11.6 Å². The predicted octanol–water partition coefficient (Wildman–Crippen LogP) is 4.39. The van der Waals surface area contributed by atoms with Crippen LogP contribution in [-0.4, -0.2) is 62.1 Å². The summed E-state index contributed by atoms with van der Waals surface area (Å²) in [5, 5.41) is 12.8. The number of carbonyl (C=O) groups is 1. The number of rotatable bonds is 8. The van der Waals surface area contributed by atoms with E-state index >= 15 is 0 Å². The van der Waals surface area contributed by atoms with Crippen LogP contribution in [0.4, 0.5) is 10.8 Å². The first-order valence-electron chi connectivity index (χ1n) is 9.60. The Balaban J connectivity index is 2.15. The first-order valence-corrected chi connectivity index (χ1v) is 10.8. The summed E-state index contributed by atoms with van der Waals surface area (Å²) in [7, 11) is 6.54. The number of carbonyl (C=O) groups excluding carboxylic acids is 1. The van der Waals surface area contributed by atoms with Crippen molar-refractivity contribution >= 4 is 49.9 Å². The topological polar surface area (TPSA) is 98.0 Å². The summed E-state index contributed by atoms with van der Waals surface area (Å²) in [6, 6.07) is 6.15. The fraction of sp³-hybridized carbons (Fsp3) is 0.333. The van der Waals surface area contributed by atoms with Crippen LogP contribution in [0.15, 0.2) is 24.3 Å². The van der Waals surface area contributed by atoms with Crippen molar-refractivity contribution in [1.82, 2.24) is 9.88 Å². The maximum absolute atomic E-state index is 13.6. The highest BCUT2D eigenvalue weighted by Crippen LogP contribution is 2.38. The molecule has 11 heteroatoms. The molecule has 0 saturated heterocycles. The molecular formula is C21H23ClN4O5S. The summed E-state index contributed by atoms with van der Waals surface area (Å²) in [4.78, 5) is 32.8. The van der Waals surface area contributed by atoms with Crippen LogP contribution in [0.3, 0.4) is 0 Å². The number of hydrogen-bond acceptors (Lipinski definition) is 8. The highest BCUT2D eigenvalue weighted by molar-refractivity contribution is 7.22. The van der Waals surface area contributed by atoms with Gasteiger partial charge in [-0.1, -0.05) is 22.9 Å². The second-order valence-corrected chi connectivity index (χ2v) is 8.67. The zero-order chi connectivity index (χ0) is 23.6. The quantitative estimate of drug-likeness (QED) is 0.349. The Hall–Kier alpha value is -2.95. The third-order valence-corrected chi connectivity index (χ3v) is 6.37. The van der Waals surface area contributed by atoms with Crippen molar-refractivity contribution < 1.29 is 19.2 Å². The molecule has 0 saturated carbocycles. The minimum Gasteiger partial charge on any atom is -0.493 e. The number of aryl methyl sites for hydroxylation is 1. The van der Waals surface area contributed by atoms with Crippen molar-refractivity contribution in [3.05, 3.63) is 50.5 Å². The average molecular weight is 479 g/mol. The summed E-state index contributed by atoms with van der Waals surface area (Å²) in [6.45, 7) is 2.67. The molecule has 3 rings (SSSR count). The molecule has 1 amide bonds. The van der Waals surface area contributed by atoms with Crippen molar-refractivity contribution in [2.24, 2.45) is 0 Å². The Morgan fingerprint density at radius 2 is 1.84 bits per heavy atom.